The molecule has 0 aliphatic heterocycles. The number of nitrogens with one attached hydrogen (secondary N) is 1. The van der Waals surface area contributed by atoms with Gasteiger partial charge in [0.1, 0.15) is 6.04 Å². The van der Waals surface area contributed by atoms with Crippen LogP contribution in [-0.2, 0) is 16.1 Å². The van der Waals surface area contributed by atoms with Crippen LogP contribution >= 0.6 is 0 Å². The van der Waals surface area contributed by atoms with Crippen molar-refractivity contribution in [2.24, 2.45) is 0 Å². The number of hydrogen-bond donors (Lipinski definition) is 1. The van der Waals surface area contributed by atoms with Crippen LogP contribution in [0.1, 0.15) is 18.4 Å². The third kappa shape index (κ3) is 2.85. The van der Waals surface area contributed by atoms with Crippen molar-refractivity contribution in [3.8, 4) is 0 Å². The van der Waals surface area contributed by atoms with Crippen molar-refractivity contribution in [3.05, 3.63) is 17.5 Å². The lowest BCUT2D eigenvalue weighted by molar-refractivity contribution is -0.142. The minimum atomic E-state index is -0.342. The predicted octanol–water partition coefficient (Wildman–Crippen LogP) is 0.634. The summed E-state index contributed by atoms with van der Waals surface area (Å²) in [6.45, 7) is 4.04. The molecular formula is C9H14N2O3. The highest BCUT2D eigenvalue weighted by Gasteiger charge is 2.12. The maximum Gasteiger partial charge on any atom is 0.322 e. The van der Waals surface area contributed by atoms with Gasteiger partial charge in [-0.3, -0.25) is 10.1 Å². The lowest BCUT2D eigenvalue weighted by Gasteiger charge is -2.08. The molecule has 0 bridgehead atoms. The monoisotopic (exact) mass is 198 g/mol. The van der Waals surface area contributed by atoms with Gasteiger partial charge >= 0.3 is 5.97 Å². The van der Waals surface area contributed by atoms with Crippen molar-refractivity contribution in [3.63, 3.8) is 0 Å². The van der Waals surface area contributed by atoms with Gasteiger partial charge < -0.3 is 9.26 Å². The number of methoxy groups -OCH3 is 1. The lowest BCUT2D eigenvalue weighted by Crippen LogP contribution is -2.34. The van der Waals surface area contributed by atoms with Gasteiger partial charge in [-0.15, -0.1) is 0 Å². The molecule has 0 spiro atoms. The number of nitrogens with zero attached hydrogens (tertiary/aromatic N) is 1. The van der Waals surface area contributed by atoms with E-state index in [-0.39, 0.29) is 12.0 Å². The minimum absolute atomic E-state index is 0.291. The molecule has 1 atom stereocenters. The zero-order chi connectivity index (χ0) is 10.6. The van der Waals surface area contributed by atoms with E-state index in [1.807, 2.05) is 13.0 Å². The summed E-state index contributed by atoms with van der Waals surface area (Å²) in [5.74, 6) is 0.416. The third-order valence-corrected chi connectivity index (χ3v) is 1.81. The highest BCUT2D eigenvalue weighted by Crippen LogP contribution is 2.01. The largest absolute Gasteiger partial charge is 0.468 e. The van der Waals surface area contributed by atoms with Crippen LogP contribution in [0.25, 0.3) is 0 Å². The smallest absolute Gasteiger partial charge is 0.322 e. The summed E-state index contributed by atoms with van der Waals surface area (Å²) in [6, 6.07) is 1.47. The molecule has 0 fully saturated rings. The summed E-state index contributed by atoms with van der Waals surface area (Å²) in [5, 5.41) is 6.68. The van der Waals surface area contributed by atoms with Gasteiger partial charge in [0.2, 0.25) is 0 Å². The summed E-state index contributed by atoms with van der Waals surface area (Å²) in [4.78, 5) is 11.0. The second-order valence-corrected chi connectivity index (χ2v) is 3.06. The van der Waals surface area contributed by atoms with Crippen LogP contribution < -0.4 is 5.32 Å². The SMILES string of the molecule is COC(=O)C(C)NCc1cc(C)no1. The van der Waals surface area contributed by atoms with E-state index in [1.54, 1.807) is 6.92 Å². The van der Waals surface area contributed by atoms with Crippen LogP contribution in [0.3, 0.4) is 0 Å². The third-order valence-electron chi connectivity index (χ3n) is 1.81. The molecule has 5 heteroatoms. The first kappa shape index (κ1) is 10.7. The molecule has 1 N–H and O–H groups in total. The molecule has 0 aliphatic rings. The van der Waals surface area contributed by atoms with E-state index in [4.69, 9.17) is 4.52 Å². The average molecular weight is 198 g/mol. The second kappa shape index (κ2) is 4.76. The van der Waals surface area contributed by atoms with E-state index in [9.17, 15) is 4.79 Å². The maximum atomic E-state index is 11.0. The zero-order valence-corrected chi connectivity index (χ0v) is 8.53. The number of carbonyl (C=O) groups excluding carboxylic acids is 1. The molecule has 0 radical (unpaired) electrons. The van der Waals surface area contributed by atoms with Gasteiger partial charge in [-0.05, 0) is 13.8 Å². The number of hydrogen-bond acceptors (Lipinski definition) is 5. The fourth-order valence-corrected chi connectivity index (χ4v) is 1.01. The number of rotatable bonds is 4. The number of aromatic nitrogens is 1. The Labute approximate surface area is 82.4 Å². The van der Waals surface area contributed by atoms with E-state index in [0.29, 0.717) is 12.3 Å². The van der Waals surface area contributed by atoms with Crippen LogP contribution in [0.4, 0.5) is 0 Å². The molecule has 0 amide bonds. The van der Waals surface area contributed by atoms with E-state index < -0.39 is 0 Å². The average Bonchev–Trinajstić information content (AvgIpc) is 2.59. The Morgan fingerprint density at radius 3 is 3.00 bits per heavy atom. The number of ether oxygens (including phenoxy) is 1. The Hall–Kier alpha value is -1.36. The molecule has 0 saturated heterocycles. The van der Waals surface area contributed by atoms with Crippen molar-refractivity contribution in [2.45, 2.75) is 26.4 Å². The van der Waals surface area contributed by atoms with Crippen molar-refractivity contribution in [1.29, 1.82) is 0 Å². The van der Waals surface area contributed by atoms with Gasteiger partial charge in [-0.2, -0.15) is 0 Å². The summed E-state index contributed by atoms with van der Waals surface area (Å²) < 4.78 is 9.52. The maximum absolute atomic E-state index is 11.0. The van der Waals surface area contributed by atoms with Crippen molar-refractivity contribution >= 4 is 5.97 Å². The standard InChI is InChI=1S/C9H14N2O3/c1-6-4-8(14-11-6)5-10-7(2)9(12)13-3/h4,7,10H,5H2,1-3H3. The van der Waals surface area contributed by atoms with Gasteiger partial charge in [-0.25, -0.2) is 0 Å². The summed E-state index contributed by atoms with van der Waals surface area (Å²) >= 11 is 0. The van der Waals surface area contributed by atoms with Gasteiger partial charge in [-0.1, -0.05) is 5.16 Å². The van der Waals surface area contributed by atoms with Crippen molar-refractivity contribution in [2.75, 3.05) is 7.11 Å². The van der Waals surface area contributed by atoms with Crippen molar-refractivity contribution < 1.29 is 14.1 Å². The summed E-state index contributed by atoms with van der Waals surface area (Å²) in [7, 11) is 1.36. The lowest BCUT2D eigenvalue weighted by atomic mass is 10.3. The molecule has 5 nitrogen and oxygen atoms in total. The summed E-state index contributed by atoms with van der Waals surface area (Å²) in [6.07, 6.45) is 0. The Balaban J connectivity index is 2.37. The van der Waals surface area contributed by atoms with E-state index in [1.165, 1.54) is 7.11 Å². The first-order valence-electron chi connectivity index (χ1n) is 4.37. The number of carbonyl (C=O) groups is 1. The van der Waals surface area contributed by atoms with Gasteiger partial charge in [0.25, 0.3) is 0 Å². The van der Waals surface area contributed by atoms with E-state index >= 15 is 0 Å². The Kier molecular flexibility index (Phi) is 3.64. The van der Waals surface area contributed by atoms with Gasteiger partial charge in [0.15, 0.2) is 5.76 Å². The molecule has 1 unspecified atom stereocenters. The highest BCUT2D eigenvalue weighted by molar-refractivity contribution is 5.74. The Bertz CT molecular complexity index is 309. The topological polar surface area (TPSA) is 64.4 Å². The van der Waals surface area contributed by atoms with Crippen LogP contribution in [-0.4, -0.2) is 24.3 Å². The molecule has 78 valence electrons. The number of aryl methyl sites for hydroxylation is 1. The van der Waals surface area contributed by atoms with Gasteiger partial charge in [0, 0.05) is 6.07 Å². The molecule has 0 aliphatic carbocycles. The molecular weight excluding hydrogens is 184 g/mol. The van der Waals surface area contributed by atoms with Crippen molar-refractivity contribution in [1.82, 2.24) is 10.5 Å². The summed E-state index contributed by atoms with van der Waals surface area (Å²) in [5.41, 5.74) is 0.826. The van der Waals surface area contributed by atoms with Crippen LogP contribution in [0.5, 0.6) is 0 Å². The molecule has 1 rings (SSSR count). The fourth-order valence-electron chi connectivity index (χ4n) is 1.01. The molecule has 14 heavy (non-hydrogen) atoms. The molecule has 0 aromatic carbocycles. The quantitative estimate of drug-likeness (QED) is 0.719. The molecule has 0 saturated carbocycles. The zero-order valence-electron chi connectivity index (χ0n) is 8.53. The van der Waals surface area contributed by atoms with E-state index in [0.717, 1.165) is 5.69 Å². The molecule has 1 heterocycles. The number of esters is 1. The molecule has 1 aromatic rings. The predicted molar refractivity (Wildman–Crippen MR) is 49.6 cm³/mol. The minimum Gasteiger partial charge on any atom is -0.468 e. The van der Waals surface area contributed by atoms with Crippen LogP contribution in [0.2, 0.25) is 0 Å². The molecule has 1 aromatic heterocycles. The first-order chi connectivity index (χ1) is 6.63. The van der Waals surface area contributed by atoms with Crippen LogP contribution in [0, 0.1) is 6.92 Å². The first-order valence-corrected chi connectivity index (χ1v) is 4.37. The van der Waals surface area contributed by atoms with Gasteiger partial charge in [0.05, 0.1) is 19.3 Å². The normalized spacial score (nSPS) is 12.5. The fraction of sp³-hybridized carbons (Fsp3) is 0.556. The Morgan fingerprint density at radius 2 is 2.50 bits per heavy atom. The highest BCUT2D eigenvalue weighted by atomic mass is 16.5. The van der Waals surface area contributed by atoms with Crippen LogP contribution in [0.15, 0.2) is 10.6 Å². The van der Waals surface area contributed by atoms with E-state index in [2.05, 4.69) is 15.2 Å². The second-order valence-electron chi connectivity index (χ2n) is 3.06. The Morgan fingerprint density at radius 1 is 1.79 bits per heavy atom.